The topological polar surface area (TPSA) is 32.3 Å². The van der Waals surface area contributed by atoms with Gasteiger partial charge in [-0.2, -0.15) is 0 Å². The zero-order valence-corrected chi connectivity index (χ0v) is 15.8. The van der Waals surface area contributed by atoms with Crippen LogP contribution >= 0.6 is 0 Å². The molecule has 3 rings (SSSR count). The van der Waals surface area contributed by atoms with Crippen molar-refractivity contribution in [2.24, 2.45) is 5.92 Å². The highest BCUT2D eigenvalue weighted by Crippen LogP contribution is 2.37. The van der Waals surface area contributed by atoms with Gasteiger partial charge in [0.2, 0.25) is 5.91 Å². The smallest absolute Gasteiger partial charge is 0.224 e. The first-order valence-corrected chi connectivity index (χ1v) is 9.45. The normalized spacial score (nSPS) is 19.6. The monoisotopic (exact) mass is 372 g/mol. The van der Waals surface area contributed by atoms with Gasteiger partial charge in [-0.05, 0) is 67.3 Å². The third kappa shape index (κ3) is 4.85. The molecule has 0 unspecified atom stereocenters. The number of amides is 1. The molecule has 0 radical (unpaired) electrons. The van der Waals surface area contributed by atoms with Crippen LogP contribution in [0.1, 0.15) is 43.6 Å². The molecular formula is C22H26F2N2O. The van der Waals surface area contributed by atoms with Crippen molar-refractivity contribution in [3.05, 3.63) is 59.7 Å². The Labute approximate surface area is 159 Å². The molecule has 0 spiro atoms. The Kier molecular flexibility index (Phi) is 6.09. The lowest BCUT2D eigenvalue weighted by Gasteiger charge is -2.28. The van der Waals surface area contributed by atoms with Crippen LogP contribution in [0.5, 0.6) is 0 Å². The van der Waals surface area contributed by atoms with Crippen molar-refractivity contribution in [3.8, 4) is 0 Å². The van der Waals surface area contributed by atoms with Gasteiger partial charge in [-0.3, -0.25) is 4.79 Å². The number of halogens is 2. The molecule has 1 aliphatic carbocycles. The van der Waals surface area contributed by atoms with E-state index in [4.69, 9.17) is 0 Å². The zero-order chi connectivity index (χ0) is 19.4. The van der Waals surface area contributed by atoms with E-state index >= 15 is 0 Å². The summed E-state index contributed by atoms with van der Waals surface area (Å²) in [6, 6.07) is 12.5. The minimum Gasteiger partial charge on any atom is -0.378 e. The molecule has 1 saturated carbocycles. The van der Waals surface area contributed by atoms with E-state index in [1.807, 2.05) is 14.1 Å². The summed E-state index contributed by atoms with van der Waals surface area (Å²) in [5, 5.41) is 2.50. The standard InChI is InChI=1S/C22H26F2N2O/c1-26(2)18-12-10-17(11-13-18)16-8-6-15(7-9-16)14-21(27)25-20-5-3-4-19(23)22(20)24/h3-5,10-13,15-16H,6-9,14H2,1-2H3,(H,25,27). The Morgan fingerprint density at radius 2 is 1.70 bits per heavy atom. The lowest BCUT2D eigenvalue weighted by atomic mass is 9.77. The molecule has 1 N–H and O–H groups in total. The maximum absolute atomic E-state index is 13.7. The van der Waals surface area contributed by atoms with Crippen molar-refractivity contribution in [2.75, 3.05) is 24.3 Å². The average molecular weight is 372 g/mol. The Hall–Kier alpha value is -2.43. The molecule has 144 valence electrons. The highest BCUT2D eigenvalue weighted by molar-refractivity contribution is 5.91. The van der Waals surface area contributed by atoms with Gasteiger partial charge in [-0.25, -0.2) is 8.78 Å². The Bertz CT molecular complexity index is 781. The van der Waals surface area contributed by atoms with Gasteiger partial charge in [0.05, 0.1) is 5.69 Å². The van der Waals surface area contributed by atoms with Crippen molar-refractivity contribution >= 4 is 17.3 Å². The van der Waals surface area contributed by atoms with Gasteiger partial charge >= 0.3 is 0 Å². The molecular weight excluding hydrogens is 346 g/mol. The third-order valence-electron chi connectivity index (χ3n) is 5.43. The minimum absolute atomic E-state index is 0.0883. The van der Waals surface area contributed by atoms with Gasteiger partial charge in [-0.1, -0.05) is 18.2 Å². The van der Waals surface area contributed by atoms with Crippen LogP contribution in [0.2, 0.25) is 0 Å². The van der Waals surface area contributed by atoms with E-state index in [1.54, 1.807) is 0 Å². The Morgan fingerprint density at radius 1 is 1.04 bits per heavy atom. The van der Waals surface area contributed by atoms with Crippen LogP contribution in [0.3, 0.4) is 0 Å². The predicted octanol–water partition coefficient (Wildman–Crippen LogP) is 5.33. The fourth-order valence-electron chi connectivity index (χ4n) is 3.81. The van der Waals surface area contributed by atoms with E-state index in [2.05, 4.69) is 34.5 Å². The van der Waals surface area contributed by atoms with E-state index < -0.39 is 11.6 Å². The van der Waals surface area contributed by atoms with Gasteiger partial charge in [0, 0.05) is 26.2 Å². The quantitative estimate of drug-likeness (QED) is 0.769. The lowest BCUT2D eigenvalue weighted by Crippen LogP contribution is -2.21. The molecule has 0 aromatic heterocycles. The molecule has 27 heavy (non-hydrogen) atoms. The second-order valence-electron chi connectivity index (χ2n) is 7.56. The summed E-state index contributed by atoms with van der Waals surface area (Å²) in [5.74, 6) is -1.39. The molecule has 1 aliphatic rings. The second kappa shape index (κ2) is 8.51. The number of rotatable bonds is 5. The first-order chi connectivity index (χ1) is 12.9. The number of hydrogen-bond donors (Lipinski definition) is 1. The van der Waals surface area contributed by atoms with Crippen LogP contribution in [-0.4, -0.2) is 20.0 Å². The van der Waals surface area contributed by atoms with Crippen LogP contribution in [0, 0.1) is 17.6 Å². The van der Waals surface area contributed by atoms with Crippen LogP contribution in [-0.2, 0) is 4.79 Å². The van der Waals surface area contributed by atoms with E-state index in [1.165, 1.54) is 23.4 Å². The van der Waals surface area contributed by atoms with Gasteiger partial charge < -0.3 is 10.2 Å². The maximum atomic E-state index is 13.7. The maximum Gasteiger partial charge on any atom is 0.224 e. The molecule has 5 heteroatoms. The molecule has 2 aromatic rings. The van der Waals surface area contributed by atoms with Gasteiger partial charge in [0.25, 0.3) is 0 Å². The largest absolute Gasteiger partial charge is 0.378 e. The van der Waals surface area contributed by atoms with E-state index in [9.17, 15) is 13.6 Å². The number of nitrogens with zero attached hydrogens (tertiary/aromatic N) is 1. The molecule has 0 atom stereocenters. The molecule has 0 saturated heterocycles. The molecule has 0 heterocycles. The molecule has 3 nitrogen and oxygen atoms in total. The summed E-state index contributed by atoms with van der Waals surface area (Å²) in [5.41, 5.74) is 2.45. The van der Waals surface area contributed by atoms with Crippen LogP contribution in [0.15, 0.2) is 42.5 Å². The number of anilines is 2. The summed E-state index contributed by atoms with van der Waals surface area (Å²) in [4.78, 5) is 14.3. The number of nitrogens with one attached hydrogen (secondary N) is 1. The molecule has 1 fully saturated rings. The van der Waals surface area contributed by atoms with Crippen LogP contribution in [0.25, 0.3) is 0 Å². The van der Waals surface area contributed by atoms with Gasteiger partial charge in [0.1, 0.15) is 0 Å². The highest BCUT2D eigenvalue weighted by Gasteiger charge is 2.24. The first-order valence-electron chi connectivity index (χ1n) is 9.45. The Balaban J connectivity index is 1.50. The molecule has 0 aliphatic heterocycles. The zero-order valence-electron chi connectivity index (χ0n) is 15.8. The van der Waals surface area contributed by atoms with E-state index in [0.717, 1.165) is 31.7 Å². The summed E-state index contributed by atoms with van der Waals surface area (Å²) in [6.07, 6.45) is 4.39. The average Bonchev–Trinajstić information content (AvgIpc) is 2.66. The summed E-state index contributed by atoms with van der Waals surface area (Å²) >= 11 is 0. The summed E-state index contributed by atoms with van der Waals surface area (Å²) in [6.45, 7) is 0. The second-order valence-corrected chi connectivity index (χ2v) is 7.56. The number of carbonyl (C=O) groups is 1. The fourth-order valence-corrected chi connectivity index (χ4v) is 3.81. The minimum atomic E-state index is -1.00. The molecule has 0 bridgehead atoms. The van der Waals surface area contributed by atoms with Crippen molar-refractivity contribution in [2.45, 2.75) is 38.0 Å². The van der Waals surface area contributed by atoms with Crippen molar-refractivity contribution in [3.63, 3.8) is 0 Å². The number of benzene rings is 2. The summed E-state index contributed by atoms with van der Waals surface area (Å²) in [7, 11) is 4.06. The third-order valence-corrected chi connectivity index (χ3v) is 5.43. The number of carbonyl (C=O) groups excluding carboxylic acids is 1. The van der Waals surface area contributed by atoms with E-state index in [0.29, 0.717) is 18.3 Å². The molecule has 2 aromatic carbocycles. The van der Waals surface area contributed by atoms with E-state index in [-0.39, 0.29) is 11.6 Å². The first kappa shape index (κ1) is 19.3. The van der Waals surface area contributed by atoms with Crippen molar-refractivity contribution < 1.29 is 13.6 Å². The van der Waals surface area contributed by atoms with Crippen LogP contribution in [0.4, 0.5) is 20.2 Å². The van der Waals surface area contributed by atoms with Gasteiger partial charge in [0.15, 0.2) is 11.6 Å². The van der Waals surface area contributed by atoms with Crippen molar-refractivity contribution in [1.29, 1.82) is 0 Å². The highest BCUT2D eigenvalue weighted by atomic mass is 19.2. The lowest BCUT2D eigenvalue weighted by molar-refractivity contribution is -0.117. The predicted molar refractivity (Wildman–Crippen MR) is 105 cm³/mol. The molecule has 1 amide bonds. The fraction of sp³-hybridized carbons (Fsp3) is 0.409. The SMILES string of the molecule is CN(C)c1ccc(C2CCC(CC(=O)Nc3cccc(F)c3F)CC2)cc1. The van der Waals surface area contributed by atoms with Crippen LogP contribution < -0.4 is 10.2 Å². The number of hydrogen-bond acceptors (Lipinski definition) is 2. The van der Waals surface area contributed by atoms with Gasteiger partial charge in [-0.15, -0.1) is 0 Å². The summed E-state index contributed by atoms with van der Waals surface area (Å²) < 4.78 is 26.9. The van der Waals surface area contributed by atoms with Crippen molar-refractivity contribution in [1.82, 2.24) is 0 Å². The Morgan fingerprint density at radius 3 is 2.33 bits per heavy atom.